The van der Waals surface area contributed by atoms with Crippen LogP contribution in [0.2, 0.25) is 0 Å². The summed E-state index contributed by atoms with van der Waals surface area (Å²) in [6.07, 6.45) is 2.71. The number of benzene rings is 1. The molecule has 7 heteroatoms. The first-order valence-corrected chi connectivity index (χ1v) is 6.15. The van der Waals surface area contributed by atoms with E-state index in [2.05, 4.69) is 15.6 Å². The van der Waals surface area contributed by atoms with Gasteiger partial charge >= 0.3 is 11.9 Å². The van der Waals surface area contributed by atoms with Crippen molar-refractivity contribution in [3.05, 3.63) is 47.2 Å². The minimum atomic E-state index is -1.45. The number of esters is 2. The van der Waals surface area contributed by atoms with Crippen molar-refractivity contribution in [2.75, 3.05) is 0 Å². The number of aryl methyl sites for hydroxylation is 1. The smallest absolute Gasteiger partial charge is 0.347 e. The summed E-state index contributed by atoms with van der Waals surface area (Å²) in [6, 6.07) is 5.10. The maximum atomic E-state index is 11.1. The molecular formula is C14H14N2O5. The molecule has 2 aliphatic rings. The van der Waals surface area contributed by atoms with Gasteiger partial charge in [-0.2, -0.15) is 0 Å². The van der Waals surface area contributed by atoms with Gasteiger partial charge in [-0.15, -0.1) is 0 Å². The number of hydrazine groups is 1. The number of ether oxygens (including phenoxy) is 1. The second kappa shape index (κ2) is 5.47. The first kappa shape index (κ1) is 14.9. The summed E-state index contributed by atoms with van der Waals surface area (Å²) in [6.45, 7) is 3.16. The van der Waals surface area contributed by atoms with Crippen molar-refractivity contribution in [3.8, 4) is 0 Å². The topological polar surface area (TPSA) is 105 Å². The van der Waals surface area contributed by atoms with Crippen molar-refractivity contribution in [1.29, 1.82) is 0 Å². The van der Waals surface area contributed by atoms with Gasteiger partial charge in [0.15, 0.2) is 5.72 Å². The molecule has 3 N–H and O–H groups in total. The van der Waals surface area contributed by atoms with E-state index in [0.29, 0.717) is 11.1 Å². The second-order valence-corrected chi connectivity index (χ2v) is 4.71. The molecule has 110 valence electrons. The molecule has 1 aromatic carbocycles. The number of nitrogens with one attached hydrogen (secondary N) is 2. The molecule has 1 atom stereocenters. The Kier molecular flexibility index (Phi) is 3.88. The highest BCUT2D eigenvalue weighted by molar-refractivity contribution is 6.15. The molecule has 0 fully saturated rings. The lowest BCUT2D eigenvalue weighted by atomic mass is 10.0. The Morgan fingerprint density at radius 2 is 1.90 bits per heavy atom. The van der Waals surface area contributed by atoms with Crippen LogP contribution in [0.3, 0.4) is 0 Å². The van der Waals surface area contributed by atoms with E-state index < -0.39 is 17.7 Å². The van der Waals surface area contributed by atoms with Gasteiger partial charge in [0.25, 0.3) is 0 Å². The molecular weight excluding hydrogens is 276 g/mol. The number of rotatable bonds is 0. The number of fused-ring (bicyclic) bond motifs is 1. The highest BCUT2D eigenvalue weighted by Gasteiger charge is 2.30. The maximum absolute atomic E-state index is 11.1. The highest BCUT2D eigenvalue weighted by Crippen LogP contribution is 2.22. The lowest BCUT2D eigenvalue weighted by Crippen LogP contribution is -2.56. The van der Waals surface area contributed by atoms with E-state index in [-0.39, 0.29) is 5.78 Å². The molecule has 1 aromatic rings. The summed E-state index contributed by atoms with van der Waals surface area (Å²) >= 11 is 0. The first-order chi connectivity index (χ1) is 9.83. The van der Waals surface area contributed by atoms with Crippen LogP contribution in [0.1, 0.15) is 33.2 Å². The Morgan fingerprint density at radius 1 is 1.19 bits per heavy atom. The number of cyclic esters (lactones) is 2. The summed E-state index contributed by atoms with van der Waals surface area (Å²) in [5.74, 6) is -1.42. The summed E-state index contributed by atoms with van der Waals surface area (Å²) in [7, 11) is 0. The normalized spacial score (nSPS) is 22.9. The van der Waals surface area contributed by atoms with Gasteiger partial charge in [0, 0.05) is 12.3 Å². The number of hydrogen-bond acceptors (Lipinski definition) is 7. The average Bonchev–Trinajstić information content (AvgIpc) is 2.71. The van der Waals surface area contributed by atoms with Crippen LogP contribution in [0, 0.1) is 6.92 Å². The highest BCUT2D eigenvalue weighted by atomic mass is 16.6. The minimum absolute atomic E-state index is 0.346. The standard InChI is InChI=1S/C9H6O3.C5H8N2O2/c1-5-3-2-4-6-7(5)9(11)12-8(6)10;1-5(9)4(8)2-3-6-7-5/h2-4H,1H3;2-3,6-7,9H,1H3. The third-order valence-electron chi connectivity index (χ3n) is 3.00. The third-order valence-corrected chi connectivity index (χ3v) is 3.00. The van der Waals surface area contributed by atoms with Crippen molar-refractivity contribution in [2.45, 2.75) is 19.6 Å². The molecule has 0 aromatic heterocycles. The fourth-order valence-corrected chi connectivity index (χ4v) is 1.82. The van der Waals surface area contributed by atoms with Crippen LogP contribution in [-0.4, -0.2) is 28.6 Å². The van der Waals surface area contributed by atoms with Crippen LogP contribution < -0.4 is 10.9 Å². The molecule has 0 amide bonds. The lowest BCUT2D eigenvalue weighted by Gasteiger charge is -2.24. The fourth-order valence-electron chi connectivity index (χ4n) is 1.82. The Morgan fingerprint density at radius 3 is 2.43 bits per heavy atom. The second-order valence-electron chi connectivity index (χ2n) is 4.71. The third kappa shape index (κ3) is 2.99. The molecule has 3 rings (SSSR count). The Hall–Kier alpha value is -2.51. The fraction of sp³-hybridized carbons (Fsp3) is 0.214. The zero-order valence-corrected chi connectivity index (χ0v) is 11.5. The number of ketones is 1. The monoisotopic (exact) mass is 290 g/mol. The number of hydrogen-bond donors (Lipinski definition) is 3. The predicted octanol–water partition coefficient (Wildman–Crippen LogP) is 0.191. The molecule has 0 saturated heterocycles. The van der Waals surface area contributed by atoms with Crippen molar-refractivity contribution >= 4 is 17.7 Å². The minimum Gasteiger partial charge on any atom is -0.386 e. The molecule has 0 aliphatic carbocycles. The van der Waals surface area contributed by atoms with Crippen molar-refractivity contribution in [1.82, 2.24) is 10.9 Å². The summed E-state index contributed by atoms with van der Waals surface area (Å²) < 4.78 is 4.43. The van der Waals surface area contributed by atoms with Crippen LogP contribution in [0.25, 0.3) is 0 Å². The van der Waals surface area contributed by atoms with E-state index >= 15 is 0 Å². The van der Waals surface area contributed by atoms with E-state index in [1.807, 2.05) is 0 Å². The summed E-state index contributed by atoms with van der Waals surface area (Å²) in [4.78, 5) is 32.7. The molecule has 1 unspecified atom stereocenters. The molecule has 7 nitrogen and oxygen atoms in total. The van der Waals surface area contributed by atoms with Gasteiger partial charge < -0.3 is 15.3 Å². The molecule has 2 aliphatic heterocycles. The predicted molar refractivity (Wildman–Crippen MR) is 72.0 cm³/mol. The van der Waals surface area contributed by atoms with Crippen LogP contribution in [0.5, 0.6) is 0 Å². The Labute approximate surface area is 120 Å². The molecule has 0 saturated carbocycles. The van der Waals surface area contributed by atoms with E-state index in [0.717, 1.165) is 5.56 Å². The van der Waals surface area contributed by atoms with Crippen LogP contribution in [0.15, 0.2) is 30.5 Å². The maximum Gasteiger partial charge on any atom is 0.347 e. The first-order valence-electron chi connectivity index (χ1n) is 6.15. The van der Waals surface area contributed by atoms with E-state index in [1.165, 1.54) is 19.2 Å². The van der Waals surface area contributed by atoms with Crippen LogP contribution in [0.4, 0.5) is 0 Å². The summed E-state index contributed by atoms with van der Waals surface area (Å²) in [5, 5.41) is 9.07. The zero-order valence-electron chi connectivity index (χ0n) is 11.5. The van der Waals surface area contributed by atoms with E-state index in [9.17, 15) is 14.4 Å². The SMILES string of the molecule is CC1(O)NNC=CC1=O.Cc1cccc2c1C(=O)OC2=O. The molecule has 21 heavy (non-hydrogen) atoms. The van der Waals surface area contributed by atoms with Crippen LogP contribution >= 0.6 is 0 Å². The largest absolute Gasteiger partial charge is 0.386 e. The molecule has 0 radical (unpaired) electrons. The lowest BCUT2D eigenvalue weighted by molar-refractivity contribution is -0.135. The van der Waals surface area contributed by atoms with Gasteiger partial charge in [-0.05, 0) is 25.5 Å². The van der Waals surface area contributed by atoms with Gasteiger partial charge in [-0.1, -0.05) is 12.1 Å². The quantitative estimate of drug-likeness (QED) is 0.463. The van der Waals surface area contributed by atoms with Gasteiger partial charge in [-0.25, -0.2) is 15.0 Å². The number of aliphatic hydroxyl groups is 1. The van der Waals surface area contributed by atoms with Crippen LogP contribution in [-0.2, 0) is 9.53 Å². The van der Waals surface area contributed by atoms with Gasteiger partial charge in [-0.3, -0.25) is 4.79 Å². The van der Waals surface area contributed by atoms with Crippen molar-refractivity contribution in [3.63, 3.8) is 0 Å². The van der Waals surface area contributed by atoms with E-state index in [1.54, 1.807) is 25.1 Å². The van der Waals surface area contributed by atoms with Gasteiger partial charge in [0.2, 0.25) is 5.78 Å². The Bertz CT molecular complexity index is 649. The zero-order chi connectivity index (χ0) is 15.6. The van der Waals surface area contributed by atoms with E-state index in [4.69, 9.17) is 5.11 Å². The van der Waals surface area contributed by atoms with Crippen molar-refractivity contribution < 1.29 is 24.2 Å². The molecule has 2 heterocycles. The number of carbonyl (C=O) groups is 3. The van der Waals surface area contributed by atoms with Gasteiger partial charge in [0.05, 0.1) is 11.1 Å². The summed E-state index contributed by atoms with van der Waals surface area (Å²) in [5.41, 5.74) is 4.99. The van der Waals surface area contributed by atoms with Gasteiger partial charge in [0.1, 0.15) is 0 Å². The average molecular weight is 290 g/mol. The molecule has 0 bridgehead atoms. The molecule has 0 spiro atoms. The van der Waals surface area contributed by atoms with Crippen molar-refractivity contribution in [2.24, 2.45) is 0 Å². The number of carbonyl (C=O) groups excluding carboxylic acids is 3. The Balaban J connectivity index is 0.000000161.